The smallest absolute Gasteiger partial charge is 0.372 e. The maximum absolute atomic E-state index is 10.8. The number of Topliss-reactive ketones (excluding diaryl/α,β-unsaturated/α-hetero) is 4. The molecule has 0 fully saturated rings. The summed E-state index contributed by atoms with van der Waals surface area (Å²) in [7, 11) is 0. The summed E-state index contributed by atoms with van der Waals surface area (Å²) in [6.07, 6.45) is -0.986. The molecule has 132 valence electrons. The van der Waals surface area contributed by atoms with Crippen LogP contribution in [0, 0.1) is 11.8 Å². The van der Waals surface area contributed by atoms with Crippen molar-refractivity contribution < 1.29 is 58.5 Å². The van der Waals surface area contributed by atoms with Crippen LogP contribution < -0.4 is 0 Å². The normalized spacial score (nSPS) is 9.30. The first-order valence-corrected chi connectivity index (χ1v) is 6.47. The maximum Gasteiger partial charge on any atom is 0.372 e. The number of hydrogen-bond donors (Lipinski definition) is 2. The number of carboxylic acid groups (broad SMARTS) is 2. The topological polar surface area (TPSA) is 143 Å². The van der Waals surface area contributed by atoms with Crippen LogP contribution in [0.25, 0.3) is 0 Å². The van der Waals surface area contributed by atoms with E-state index in [2.05, 4.69) is 0 Å². The van der Waals surface area contributed by atoms with E-state index in [0.717, 1.165) is 0 Å². The van der Waals surface area contributed by atoms with Crippen molar-refractivity contribution in [2.24, 2.45) is 11.8 Å². The summed E-state index contributed by atoms with van der Waals surface area (Å²) in [5.41, 5.74) is 0. The Bertz CT molecular complexity index is 435. The number of rotatable bonds is 8. The Morgan fingerprint density at radius 2 is 0.870 bits per heavy atom. The predicted octanol–water partition coefficient (Wildman–Crippen LogP) is 0.508. The molecular weight excluding hydrogens is 397 g/mol. The fourth-order valence-electron chi connectivity index (χ4n) is 0.876. The number of aliphatic carboxylic acids is 2. The molecule has 0 bridgehead atoms. The van der Waals surface area contributed by atoms with Crippen LogP contribution in [0.15, 0.2) is 0 Å². The first-order valence-electron chi connectivity index (χ1n) is 6.47. The van der Waals surface area contributed by atoms with E-state index in [1.807, 2.05) is 0 Å². The van der Waals surface area contributed by atoms with E-state index < -0.39 is 36.3 Å². The van der Waals surface area contributed by atoms with Crippen LogP contribution >= 0.6 is 0 Å². The first kappa shape index (κ1) is 26.2. The van der Waals surface area contributed by atoms with E-state index in [-0.39, 0.29) is 42.9 Å². The van der Waals surface area contributed by atoms with E-state index in [1.54, 1.807) is 27.7 Å². The summed E-state index contributed by atoms with van der Waals surface area (Å²) in [5, 5.41) is 16.2. The average Bonchev–Trinajstić information content (AvgIpc) is 2.38. The second-order valence-electron chi connectivity index (χ2n) is 5.05. The molecule has 0 aromatic heterocycles. The maximum atomic E-state index is 10.8. The third-order valence-corrected chi connectivity index (χ3v) is 2.43. The van der Waals surface area contributed by atoms with Gasteiger partial charge in [0.05, 0.1) is 12.8 Å². The summed E-state index contributed by atoms with van der Waals surface area (Å²) in [5.74, 6) is -6.39. The van der Waals surface area contributed by atoms with Gasteiger partial charge in [0, 0.05) is 31.3 Å². The Balaban J connectivity index is -0.000000333. The van der Waals surface area contributed by atoms with Gasteiger partial charge in [-0.2, -0.15) is 0 Å². The monoisotopic (exact) mass is 418 g/mol. The summed E-state index contributed by atoms with van der Waals surface area (Å²) in [6, 6.07) is 0. The molecule has 0 saturated heterocycles. The molecule has 0 aromatic carbocycles. The molecule has 0 radical (unpaired) electrons. The van der Waals surface area contributed by atoms with Crippen molar-refractivity contribution >= 4 is 35.1 Å². The molecule has 0 aliphatic rings. The van der Waals surface area contributed by atoms with Crippen molar-refractivity contribution in [3.05, 3.63) is 0 Å². The van der Waals surface area contributed by atoms with E-state index in [9.17, 15) is 28.8 Å². The molecule has 0 aliphatic heterocycles. The van der Waals surface area contributed by atoms with Crippen LogP contribution in [-0.4, -0.2) is 45.3 Å². The van der Waals surface area contributed by atoms with Gasteiger partial charge in [-0.1, -0.05) is 27.7 Å². The van der Waals surface area contributed by atoms with Crippen molar-refractivity contribution in [2.75, 3.05) is 0 Å². The molecule has 0 aliphatic carbocycles. The molecule has 0 heterocycles. The van der Waals surface area contributed by atoms with Gasteiger partial charge >= 0.3 is 11.9 Å². The van der Waals surface area contributed by atoms with E-state index >= 15 is 0 Å². The zero-order valence-electron chi connectivity index (χ0n) is 13.3. The van der Waals surface area contributed by atoms with Crippen LogP contribution in [0.3, 0.4) is 0 Å². The van der Waals surface area contributed by atoms with E-state index in [0.29, 0.717) is 0 Å². The van der Waals surface area contributed by atoms with Gasteiger partial charge in [-0.3, -0.25) is 19.2 Å². The first-order chi connectivity index (χ1) is 9.89. The van der Waals surface area contributed by atoms with Crippen LogP contribution in [0.5, 0.6) is 0 Å². The zero-order chi connectivity index (χ0) is 18.0. The fourth-order valence-corrected chi connectivity index (χ4v) is 0.876. The number of hydrogen-bond acceptors (Lipinski definition) is 6. The van der Waals surface area contributed by atoms with Crippen molar-refractivity contribution in [1.82, 2.24) is 0 Å². The number of carboxylic acids is 2. The molecule has 0 saturated carbocycles. The van der Waals surface area contributed by atoms with Crippen molar-refractivity contribution in [1.29, 1.82) is 0 Å². The molecule has 9 heteroatoms. The summed E-state index contributed by atoms with van der Waals surface area (Å²) >= 11 is 0. The van der Waals surface area contributed by atoms with Gasteiger partial charge in [-0.05, 0) is 0 Å². The number of carbonyl (C=O) groups is 6. The van der Waals surface area contributed by atoms with Gasteiger partial charge in [-0.15, -0.1) is 0 Å². The van der Waals surface area contributed by atoms with E-state index in [4.69, 9.17) is 10.2 Å². The zero-order valence-corrected chi connectivity index (χ0v) is 15.0. The fraction of sp³-hybridized carbons (Fsp3) is 0.571. The van der Waals surface area contributed by atoms with Crippen LogP contribution in [-0.2, 0) is 48.2 Å². The molecule has 2 N–H and O–H groups in total. The summed E-state index contributed by atoms with van der Waals surface area (Å²) in [6.45, 7) is 6.49. The number of carbonyl (C=O) groups excluding carboxylic acids is 4. The Morgan fingerprint density at radius 3 is 1.00 bits per heavy atom. The van der Waals surface area contributed by atoms with Crippen molar-refractivity contribution in [3.63, 3.8) is 0 Å². The molecule has 0 aromatic rings. The minimum absolute atomic E-state index is 0. The molecule has 0 rings (SSSR count). The third-order valence-electron chi connectivity index (χ3n) is 2.43. The molecular formula is C14H20O8Ru. The van der Waals surface area contributed by atoms with Crippen molar-refractivity contribution in [2.45, 2.75) is 40.5 Å². The minimum Gasteiger partial charge on any atom is -0.475 e. The van der Waals surface area contributed by atoms with Crippen molar-refractivity contribution in [3.8, 4) is 0 Å². The van der Waals surface area contributed by atoms with Crippen LogP contribution in [0.2, 0.25) is 0 Å². The molecule has 0 unspecified atom stereocenters. The molecule has 0 spiro atoms. The van der Waals surface area contributed by atoms with Gasteiger partial charge in [0.2, 0.25) is 11.6 Å². The Hall–Kier alpha value is -1.76. The van der Waals surface area contributed by atoms with Gasteiger partial charge < -0.3 is 10.2 Å². The molecule has 0 atom stereocenters. The van der Waals surface area contributed by atoms with Gasteiger partial charge in [0.25, 0.3) is 0 Å². The second kappa shape index (κ2) is 12.8. The van der Waals surface area contributed by atoms with Crippen LogP contribution in [0.1, 0.15) is 40.5 Å². The Morgan fingerprint density at radius 1 is 0.652 bits per heavy atom. The predicted molar refractivity (Wildman–Crippen MR) is 74.2 cm³/mol. The van der Waals surface area contributed by atoms with E-state index in [1.165, 1.54) is 0 Å². The SMILES string of the molecule is CC(C)C(=O)CC(=O)C(=O)O.CC(C)C(=O)CC(=O)C(=O)O.[Ru]. The molecule has 8 nitrogen and oxygen atoms in total. The summed E-state index contributed by atoms with van der Waals surface area (Å²) < 4.78 is 0. The number of ketones is 4. The second-order valence-corrected chi connectivity index (χ2v) is 5.05. The Kier molecular flexibility index (Phi) is 14.5. The van der Waals surface area contributed by atoms with Gasteiger partial charge in [0.15, 0.2) is 0 Å². The Labute approximate surface area is 146 Å². The average molecular weight is 417 g/mol. The van der Waals surface area contributed by atoms with Gasteiger partial charge in [0.1, 0.15) is 11.6 Å². The molecule has 23 heavy (non-hydrogen) atoms. The van der Waals surface area contributed by atoms with Gasteiger partial charge in [-0.25, -0.2) is 9.59 Å². The molecule has 0 amide bonds. The standard InChI is InChI=1S/2C7H10O4.Ru/c2*1-4(2)5(8)3-6(9)7(10)11;/h2*4H,3H2,1-2H3,(H,10,11);. The third kappa shape index (κ3) is 13.6. The largest absolute Gasteiger partial charge is 0.475 e. The summed E-state index contributed by atoms with van der Waals surface area (Å²) in [4.78, 5) is 62.3. The quantitative estimate of drug-likeness (QED) is 0.330. The van der Waals surface area contributed by atoms with Crippen LogP contribution in [0.4, 0.5) is 0 Å². The minimum atomic E-state index is -1.54.